The third kappa shape index (κ3) is 2.68. The maximum absolute atomic E-state index is 9.14. The first-order valence-electron chi connectivity index (χ1n) is 4.96. The van der Waals surface area contributed by atoms with E-state index in [0.717, 1.165) is 5.56 Å². The quantitative estimate of drug-likeness (QED) is 0.893. The first-order chi connectivity index (χ1) is 7.42. The summed E-state index contributed by atoms with van der Waals surface area (Å²) >= 11 is 12.0. The summed E-state index contributed by atoms with van der Waals surface area (Å²) in [5, 5.41) is 13.4. The molecule has 0 spiro atoms. The van der Waals surface area contributed by atoms with Crippen molar-refractivity contribution in [2.75, 3.05) is 7.05 Å². The first-order valence-corrected chi connectivity index (χ1v) is 5.71. The topological polar surface area (TPSA) is 35.8 Å². The average Bonchev–Trinajstić information content (AvgIpc) is 2.22. The summed E-state index contributed by atoms with van der Waals surface area (Å²) in [6, 6.07) is 7.48. The van der Waals surface area contributed by atoms with Gasteiger partial charge in [0.1, 0.15) is 0 Å². The van der Waals surface area contributed by atoms with Crippen molar-refractivity contribution in [1.29, 1.82) is 5.26 Å². The highest BCUT2D eigenvalue weighted by Gasteiger charge is 2.30. The van der Waals surface area contributed by atoms with Crippen LogP contribution >= 0.6 is 23.2 Å². The van der Waals surface area contributed by atoms with E-state index in [1.54, 1.807) is 12.1 Å². The smallest absolute Gasteiger partial charge is 0.0712 e. The van der Waals surface area contributed by atoms with Gasteiger partial charge in [-0.25, -0.2) is 0 Å². The minimum atomic E-state index is -0.535. The fourth-order valence-corrected chi connectivity index (χ4v) is 2.22. The summed E-state index contributed by atoms with van der Waals surface area (Å²) in [6.45, 7) is 3.75. The Morgan fingerprint density at radius 1 is 1.38 bits per heavy atom. The molecule has 4 heteroatoms. The lowest BCUT2D eigenvalue weighted by atomic mass is 9.82. The first kappa shape index (κ1) is 13.3. The molecule has 0 saturated heterocycles. The molecule has 16 heavy (non-hydrogen) atoms. The second-order valence-electron chi connectivity index (χ2n) is 4.22. The minimum Gasteiger partial charge on any atom is -0.312 e. The fourth-order valence-electron chi connectivity index (χ4n) is 1.71. The third-order valence-corrected chi connectivity index (χ3v) is 3.13. The van der Waals surface area contributed by atoms with Gasteiger partial charge >= 0.3 is 0 Å². The molecule has 86 valence electrons. The molecule has 0 saturated carbocycles. The number of hydrogen-bond donors (Lipinski definition) is 1. The summed E-state index contributed by atoms with van der Waals surface area (Å²) < 4.78 is 0. The summed E-state index contributed by atoms with van der Waals surface area (Å²) in [7, 11) is 1.81. The molecule has 0 radical (unpaired) electrons. The van der Waals surface area contributed by atoms with Crippen molar-refractivity contribution in [1.82, 2.24) is 5.32 Å². The Bertz CT molecular complexity index is 422. The highest BCUT2D eigenvalue weighted by Crippen LogP contribution is 2.36. The van der Waals surface area contributed by atoms with Gasteiger partial charge in [-0.1, -0.05) is 29.3 Å². The largest absolute Gasteiger partial charge is 0.312 e. The fraction of sp³-hybridized carbons (Fsp3) is 0.417. The number of benzene rings is 1. The standard InChI is InChI=1S/C12H14Cl2N2/c1-12(2,7-15)11(16-3)9-5-4-8(13)6-10(9)14/h4-6,11,16H,1-3H3. The van der Waals surface area contributed by atoms with Gasteiger partial charge in [-0.3, -0.25) is 0 Å². The third-order valence-electron chi connectivity index (χ3n) is 2.57. The van der Waals surface area contributed by atoms with Crippen LogP contribution in [-0.2, 0) is 0 Å². The van der Waals surface area contributed by atoms with Gasteiger partial charge in [0.2, 0.25) is 0 Å². The molecule has 0 aromatic heterocycles. The van der Waals surface area contributed by atoms with E-state index in [-0.39, 0.29) is 6.04 Å². The predicted molar refractivity (Wildman–Crippen MR) is 67.7 cm³/mol. The van der Waals surface area contributed by atoms with Crippen LogP contribution < -0.4 is 5.32 Å². The SMILES string of the molecule is CNC(c1ccc(Cl)cc1Cl)C(C)(C)C#N. The molecular formula is C12H14Cl2N2. The zero-order chi connectivity index (χ0) is 12.3. The van der Waals surface area contributed by atoms with E-state index in [1.807, 2.05) is 27.0 Å². The van der Waals surface area contributed by atoms with Crippen molar-refractivity contribution < 1.29 is 0 Å². The lowest BCUT2D eigenvalue weighted by Gasteiger charge is -2.28. The zero-order valence-electron chi connectivity index (χ0n) is 9.51. The molecule has 0 bridgehead atoms. The van der Waals surface area contributed by atoms with Crippen molar-refractivity contribution in [2.45, 2.75) is 19.9 Å². The molecule has 2 nitrogen and oxygen atoms in total. The summed E-state index contributed by atoms with van der Waals surface area (Å²) in [5.41, 5.74) is 0.354. The van der Waals surface area contributed by atoms with Crippen LogP contribution in [0, 0.1) is 16.7 Å². The molecule has 0 aliphatic carbocycles. The van der Waals surface area contributed by atoms with Crippen LogP contribution in [0.4, 0.5) is 0 Å². The molecule has 1 unspecified atom stereocenters. The van der Waals surface area contributed by atoms with Crippen LogP contribution in [0.15, 0.2) is 18.2 Å². The second-order valence-corrected chi connectivity index (χ2v) is 5.06. The molecule has 0 aliphatic heterocycles. The van der Waals surface area contributed by atoms with Gasteiger partial charge in [0.25, 0.3) is 0 Å². The van der Waals surface area contributed by atoms with Gasteiger partial charge in [0.15, 0.2) is 0 Å². The number of nitrogens with zero attached hydrogens (tertiary/aromatic N) is 1. The Kier molecular flexibility index (Phi) is 4.21. The summed E-state index contributed by atoms with van der Waals surface area (Å²) in [5.74, 6) is 0. The molecule has 0 heterocycles. The van der Waals surface area contributed by atoms with Gasteiger partial charge in [0, 0.05) is 10.0 Å². The van der Waals surface area contributed by atoms with E-state index in [1.165, 1.54) is 0 Å². The molecule has 0 amide bonds. The summed E-state index contributed by atoms with van der Waals surface area (Å²) in [6.07, 6.45) is 0. The highest BCUT2D eigenvalue weighted by molar-refractivity contribution is 6.35. The van der Waals surface area contributed by atoms with Gasteiger partial charge in [0.05, 0.1) is 17.5 Å². The van der Waals surface area contributed by atoms with Crippen molar-refractivity contribution in [3.63, 3.8) is 0 Å². The van der Waals surface area contributed by atoms with Gasteiger partial charge in [-0.15, -0.1) is 0 Å². The zero-order valence-corrected chi connectivity index (χ0v) is 11.0. The number of rotatable bonds is 3. The summed E-state index contributed by atoms with van der Waals surface area (Å²) in [4.78, 5) is 0. The second kappa shape index (κ2) is 5.05. The minimum absolute atomic E-state index is 0.123. The molecule has 1 aromatic rings. The lowest BCUT2D eigenvalue weighted by molar-refractivity contribution is 0.344. The van der Waals surface area contributed by atoms with Crippen LogP contribution in [0.1, 0.15) is 25.5 Å². The van der Waals surface area contributed by atoms with E-state index >= 15 is 0 Å². The molecule has 1 aromatic carbocycles. The van der Waals surface area contributed by atoms with Crippen molar-refractivity contribution >= 4 is 23.2 Å². The van der Waals surface area contributed by atoms with Gasteiger partial charge in [-0.2, -0.15) is 5.26 Å². The Hall–Kier alpha value is -0.750. The van der Waals surface area contributed by atoms with Gasteiger partial charge < -0.3 is 5.32 Å². The van der Waals surface area contributed by atoms with E-state index in [9.17, 15) is 0 Å². The van der Waals surface area contributed by atoms with E-state index in [2.05, 4.69) is 11.4 Å². The van der Waals surface area contributed by atoms with Crippen molar-refractivity contribution in [3.05, 3.63) is 33.8 Å². The van der Waals surface area contributed by atoms with Crippen LogP contribution in [-0.4, -0.2) is 7.05 Å². The molecule has 1 rings (SSSR count). The molecule has 1 atom stereocenters. The molecule has 1 N–H and O–H groups in total. The normalized spacial score (nSPS) is 13.2. The average molecular weight is 257 g/mol. The number of nitriles is 1. The number of hydrogen-bond acceptors (Lipinski definition) is 2. The van der Waals surface area contributed by atoms with E-state index in [0.29, 0.717) is 10.0 Å². The van der Waals surface area contributed by atoms with E-state index < -0.39 is 5.41 Å². The lowest BCUT2D eigenvalue weighted by Crippen LogP contribution is -2.31. The number of halogens is 2. The van der Waals surface area contributed by atoms with Crippen molar-refractivity contribution in [2.24, 2.45) is 5.41 Å². The van der Waals surface area contributed by atoms with E-state index in [4.69, 9.17) is 28.5 Å². The highest BCUT2D eigenvalue weighted by atomic mass is 35.5. The Labute approximate surface area is 106 Å². The molecule has 0 aliphatic rings. The Balaban J connectivity index is 3.20. The predicted octanol–water partition coefficient (Wildman–Crippen LogP) is 3.80. The maximum atomic E-state index is 9.14. The Morgan fingerprint density at radius 2 is 2.00 bits per heavy atom. The number of nitrogens with one attached hydrogen (secondary N) is 1. The van der Waals surface area contributed by atoms with Crippen LogP contribution in [0.25, 0.3) is 0 Å². The monoisotopic (exact) mass is 256 g/mol. The van der Waals surface area contributed by atoms with Crippen molar-refractivity contribution in [3.8, 4) is 6.07 Å². The maximum Gasteiger partial charge on any atom is 0.0712 e. The van der Waals surface area contributed by atoms with Gasteiger partial charge in [-0.05, 0) is 38.6 Å². The van der Waals surface area contributed by atoms with Crippen LogP contribution in [0.5, 0.6) is 0 Å². The van der Waals surface area contributed by atoms with Crippen LogP contribution in [0.3, 0.4) is 0 Å². The molecule has 0 fully saturated rings. The van der Waals surface area contributed by atoms with Crippen LogP contribution in [0.2, 0.25) is 10.0 Å². The molecular weight excluding hydrogens is 243 g/mol. The Morgan fingerprint density at radius 3 is 2.44 bits per heavy atom.